The van der Waals surface area contributed by atoms with E-state index in [0.717, 1.165) is 12.3 Å². The average Bonchev–Trinajstić information content (AvgIpc) is 2.94. The number of sulfone groups is 1. The third-order valence-corrected chi connectivity index (χ3v) is 8.34. The van der Waals surface area contributed by atoms with Crippen molar-refractivity contribution in [3.63, 3.8) is 0 Å². The van der Waals surface area contributed by atoms with Gasteiger partial charge in [-0.15, -0.1) is 0 Å². The lowest BCUT2D eigenvalue weighted by molar-refractivity contribution is -0.128. The molecule has 0 saturated carbocycles. The van der Waals surface area contributed by atoms with E-state index in [1.807, 2.05) is 34.6 Å². The molecule has 11 nitrogen and oxygen atoms in total. The van der Waals surface area contributed by atoms with E-state index < -0.39 is 58.6 Å². The topological polar surface area (TPSA) is 176 Å². The first-order valence-corrected chi connectivity index (χ1v) is 14.7. The SMILES string of the molecule is CC(C)CCN1C(=O)C(C2=C(C(N)=O)S(=O)(=O)c3cc(NS(C)(=O)=O)ccc3N2)=C(O)C1C(C)(C)C. The van der Waals surface area contributed by atoms with Gasteiger partial charge in [-0.25, -0.2) is 16.8 Å². The fraction of sp³-hybridized carbons (Fsp3) is 0.478. The van der Waals surface area contributed by atoms with Gasteiger partial charge in [0.25, 0.3) is 11.8 Å². The zero-order valence-electron chi connectivity index (χ0n) is 21.0. The second kappa shape index (κ2) is 9.11. The number of sulfonamides is 1. The molecule has 0 spiro atoms. The highest BCUT2D eigenvalue weighted by Gasteiger charge is 2.49. The Kier molecular flexibility index (Phi) is 6.96. The van der Waals surface area contributed by atoms with E-state index in [0.29, 0.717) is 13.0 Å². The van der Waals surface area contributed by atoms with Crippen LogP contribution in [0.1, 0.15) is 41.0 Å². The molecule has 0 aliphatic carbocycles. The van der Waals surface area contributed by atoms with Crippen molar-refractivity contribution in [2.45, 2.75) is 52.0 Å². The number of carbonyl (C=O) groups is 2. The molecule has 13 heteroatoms. The van der Waals surface area contributed by atoms with Crippen LogP contribution in [0.5, 0.6) is 0 Å². The molecule has 2 aliphatic heterocycles. The second-order valence-electron chi connectivity index (χ2n) is 10.5. The highest BCUT2D eigenvalue weighted by atomic mass is 32.2. The van der Waals surface area contributed by atoms with Crippen LogP contribution in [0.15, 0.2) is 45.0 Å². The molecular formula is C23H32N4O7S2. The minimum absolute atomic E-state index is 0.00455. The van der Waals surface area contributed by atoms with Gasteiger partial charge in [0.15, 0.2) is 4.91 Å². The van der Waals surface area contributed by atoms with Gasteiger partial charge in [0.2, 0.25) is 19.9 Å². The molecule has 3 rings (SSSR count). The Bertz CT molecular complexity index is 1400. The number of primary amides is 1. The van der Waals surface area contributed by atoms with Crippen LogP contribution in [-0.4, -0.2) is 57.5 Å². The van der Waals surface area contributed by atoms with Crippen molar-refractivity contribution in [2.75, 3.05) is 22.8 Å². The third-order valence-electron chi connectivity index (χ3n) is 5.87. The number of carbonyl (C=O) groups excluding carboxylic acids is 2. The first-order chi connectivity index (χ1) is 16.4. The maximum atomic E-state index is 13.6. The quantitative estimate of drug-likeness (QED) is 0.406. The highest BCUT2D eigenvalue weighted by molar-refractivity contribution is 7.96. The standard InChI is InChI=1S/C23H32N4O7S2/c1-12(2)9-10-27-20(23(3,4)5)18(28)16(22(27)30)17-19(21(24)29)36(33,34)15-11-13(26-35(6,31)32)7-8-14(15)25-17/h7-8,11-12,20,25-26,28H,9-10H2,1-6H3,(H2,24,29). The van der Waals surface area contributed by atoms with Gasteiger partial charge in [0.05, 0.1) is 28.6 Å². The molecule has 0 radical (unpaired) electrons. The molecule has 0 aromatic heterocycles. The van der Waals surface area contributed by atoms with Crippen molar-refractivity contribution in [3.05, 3.63) is 40.1 Å². The zero-order chi connectivity index (χ0) is 27.4. The van der Waals surface area contributed by atoms with Crippen LogP contribution in [0.25, 0.3) is 0 Å². The van der Waals surface area contributed by atoms with Crippen LogP contribution in [0.4, 0.5) is 11.4 Å². The largest absolute Gasteiger partial charge is 0.509 e. The van der Waals surface area contributed by atoms with Crippen LogP contribution >= 0.6 is 0 Å². The summed E-state index contributed by atoms with van der Waals surface area (Å²) in [5.74, 6) is -2.04. The summed E-state index contributed by atoms with van der Waals surface area (Å²) in [6.45, 7) is 9.82. The summed E-state index contributed by atoms with van der Waals surface area (Å²) in [6, 6.07) is 2.92. The Hall–Kier alpha value is -3.06. The molecule has 5 N–H and O–H groups in total. The average molecular weight is 541 g/mol. The van der Waals surface area contributed by atoms with Gasteiger partial charge in [0.1, 0.15) is 11.3 Å². The number of nitrogens with two attached hydrogens (primary N) is 1. The van der Waals surface area contributed by atoms with E-state index in [1.54, 1.807) is 0 Å². The first-order valence-electron chi connectivity index (χ1n) is 11.3. The van der Waals surface area contributed by atoms with Crippen LogP contribution in [-0.2, 0) is 29.4 Å². The van der Waals surface area contributed by atoms with Gasteiger partial charge in [-0.2, -0.15) is 0 Å². The zero-order valence-corrected chi connectivity index (χ0v) is 22.7. The summed E-state index contributed by atoms with van der Waals surface area (Å²) in [5.41, 5.74) is 4.10. The molecule has 36 heavy (non-hydrogen) atoms. The molecule has 2 aliphatic rings. The molecular weight excluding hydrogens is 508 g/mol. The minimum Gasteiger partial charge on any atom is -0.509 e. The fourth-order valence-corrected chi connectivity index (χ4v) is 6.54. The number of fused-ring (bicyclic) bond motifs is 1. The number of anilines is 2. The maximum Gasteiger partial charge on any atom is 0.262 e. The number of benzene rings is 1. The Labute approximate surface area is 211 Å². The summed E-state index contributed by atoms with van der Waals surface area (Å²) >= 11 is 0. The number of hydrogen-bond donors (Lipinski definition) is 4. The van der Waals surface area contributed by atoms with Gasteiger partial charge in [-0.05, 0) is 36.0 Å². The smallest absolute Gasteiger partial charge is 0.262 e. The summed E-state index contributed by atoms with van der Waals surface area (Å²) in [6.07, 6.45) is 1.55. The van der Waals surface area contributed by atoms with Gasteiger partial charge < -0.3 is 21.1 Å². The van der Waals surface area contributed by atoms with Crippen molar-refractivity contribution >= 4 is 43.0 Å². The van der Waals surface area contributed by atoms with E-state index in [-0.39, 0.29) is 28.6 Å². The number of rotatable bonds is 7. The number of nitrogens with zero attached hydrogens (tertiary/aromatic N) is 1. The van der Waals surface area contributed by atoms with E-state index >= 15 is 0 Å². The van der Waals surface area contributed by atoms with E-state index in [4.69, 9.17) is 5.73 Å². The van der Waals surface area contributed by atoms with Crippen LogP contribution in [0, 0.1) is 11.3 Å². The van der Waals surface area contributed by atoms with Gasteiger partial charge in [0, 0.05) is 12.2 Å². The molecule has 1 aromatic carbocycles. The van der Waals surface area contributed by atoms with Crippen LogP contribution < -0.4 is 15.8 Å². The Morgan fingerprint density at radius 1 is 1.28 bits per heavy atom. The maximum absolute atomic E-state index is 13.6. The van der Waals surface area contributed by atoms with Gasteiger partial charge in [-0.3, -0.25) is 14.3 Å². The van der Waals surface area contributed by atoms with Crippen molar-refractivity contribution in [1.29, 1.82) is 0 Å². The summed E-state index contributed by atoms with van der Waals surface area (Å²) in [4.78, 5) is 26.2. The molecule has 0 saturated heterocycles. The molecule has 198 valence electrons. The Morgan fingerprint density at radius 2 is 1.89 bits per heavy atom. The van der Waals surface area contributed by atoms with Crippen molar-refractivity contribution in [1.82, 2.24) is 4.90 Å². The Balaban J connectivity index is 2.23. The molecule has 1 atom stereocenters. The molecule has 0 fully saturated rings. The number of nitrogens with one attached hydrogen (secondary N) is 2. The van der Waals surface area contributed by atoms with E-state index in [9.17, 15) is 31.5 Å². The molecule has 1 aromatic rings. The number of aliphatic hydroxyl groups excluding tert-OH is 1. The number of aliphatic hydroxyl groups is 1. The van der Waals surface area contributed by atoms with E-state index in [1.165, 1.54) is 17.0 Å². The lowest BCUT2D eigenvalue weighted by atomic mass is 9.85. The fourth-order valence-electron chi connectivity index (χ4n) is 4.39. The second-order valence-corrected chi connectivity index (χ2v) is 14.1. The van der Waals surface area contributed by atoms with Crippen molar-refractivity contribution in [3.8, 4) is 0 Å². The van der Waals surface area contributed by atoms with Gasteiger partial charge >= 0.3 is 0 Å². The molecule has 2 heterocycles. The van der Waals surface area contributed by atoms with Crippen molar-refractivity contribution in [2.24, 2.45) is 17.1 Å². The first kappa shape index (κ1) is 27.5. The summed E-state index contributed by atoms with van der Waals surface area (Å²) in [7, 11) is -8.30. The minimum atomic E-state index is -4.60. The lowest BCUT2D eigenvalue weighted by Crippen LogP contribution is -2.44. The predicted molar refractivity (Wildman–Crippen MR) is 136 cm³/mol. The summed E-state index contributed by atoms with van der Waals surface area (Å²) in [5, 5.41) is 14.0. The number of amides is 2. The Morgan fingerprint density at radius 3 is 2.39 bits per heavy atom. The molecule has 1 unspecified atom stereocenters. The normalized spacial score (nSPS) is 20.0. The number of hydrogen-bond acceptors (Lipinski definition) is 8. The highest BCUT2D eigenvalue weighted by Crippen LogP contribution is 2.44. The van der Waals surface area contributed by atoms with Crippen LogP contribution in [0.2, 0.25) is 0 Å². The summed E-state index contributed by atoms with van der Waals surface area (Å²) < 4.78 is 52.4. The lowest BCUT2D eigenvalue weighted by Gasteiger charge is -2.35. The van der Waals surface area contributed by atoms with E-state index in [2.05, 4.69) is 10.0 Å². The van der Waals surface area contributed by atoms with Crippen LogP contribution in [0.3, 0.4) is 0 Å². The predicted octanol–water partition coefficient (Wildman–Crippen LogP) is 2.07. The monoisotopic (exact) mass is 540 g/mol. The van der Waals surface area contributed by atoms with Gasteiger partial charge in [-0.1, -0.05) is 34.6 Å². The van der Waals surface area contributed by atoms with Crippen molar-refractivity contribution < 1.29 is 31.5 Å². The molecule has 0 bridgehead atoms. The third kappa shape index (κ3) is 5.07. The molecule has 2 amide bonds.